The minimum absolute atomic E-state index is 0.186. The monoisotopic (exact) mass is 706 g/mol. The molecule has 0 aromatic carbocycles. The van der Waals surface area contributed by atoms with Gasteiger partial charge in [-0.15, -0.1) is 0 Å². The molecular weight excluding hydrogens is 644 g/mol. The van der Waals surface area contributed by atoms with E-state index in [9.17, 15) is 25.5 Å². The van der Waals surface area contributed by atoms with Crippen LogP contribution in [0.4, 0.5) is 0 Å². The van der Waals surface area contributed by atoms with Crippen molar-refractivity contribution in [3.8, 4) is 0 Å². The summed E-state index contributed by atoms with van der Waals surface area (Å²) in [7, 11) is 0. The lowest BCUT2D eigenvalue weighted by Gasteiger charge is -2.60. The van der Waals surface area contributed by atoms with Gasteiger partial charge in [0.25, 0.3) is 0 Å². The van der Waals surface area contributed by atoms with Crippen LogP contribution in [0.3, 0.4) is 0 Å². The van der Waals surface area contributed by atoms with E-state index in [0.29, 0.717) is 35.5 Å². The van der Waals surface area contributed by atoms with Crippen molar-refractivity contribution in [1.29, 1.82) is 0 Å². The predicted molar refractivity (Wildman–Crippen MR) is 180 cm³/mol. The normalized spacial score (nSPS) is 59.3. The minimum Gasteiger partial charge on any atom is -0.388 e. The average Bonchev–Trinajstić information content (AvgIpc) is 3.54. The highest BCUT2D eigenvalue weighted by Crippen LogP contribution is 2.71. The van der Waals surface area contributed by atoms with Crippen LogP contribution in [0.1, 0.15) is 99.3 Å². The van der Waals surface area contributed by atoms with Crippen molar-refractivity contribution in [2.75, 3.05) is 6.61 Å². The first-order valence-electron chi connectivity index (χ1n) is 19.7. The Hall–Kier alpha value is -0.700. The van der Waals surface area contributed by atoms with Crippen molar-refractivity contribution in [3.05, 3.63) is 11.6 Å². The second-order valence-corrected chi connectivity index (χ2v) is 18.1. The van der Waals surface area contributed by atoms with Crippen LogP contribution in [0.25, 0.3) is 0 Å². The smallest absolute Gasteiger partial charge is 0.187 e. The Morgan fingerprint density at radius 1 is 0.780 bits per heavy atom. The molecule has 3 saturated carbocycles. The van der Waals surface area contributed by atoms with Crippen LogP contribution in [-0.2, 0) is 28.4 Å². The average molecular weight is 707 g/mol. The largest absolute Gasteiger partial charge is 0.388 e. The van der Waals surface area contributed by atoms with Gasteiger partial charge in [0.2, 0.25) is 0 Å². The fourth-order valence-corrected chi connectivity index (χ4v) is 12.6. The van der Waals surface area contributed by atoms with E-state index in [0.717, 1.165) is 64.4 Å². The first-order chi connectivity index (χ1) is 23.7. The minimum atomic E-state index is -1.57. The summed E-state index contributed by atoms with van der Waals surface area (Å²) >= 11 is 0. The van der Waals surface area contributed by atoms with Crippen molar-refractivity contribution in [3.63, 3.8) is 0 Å². The van der Waals surface area contributed by atoms with Crippen LogP contribution < -0.4 is 0 Å². The van der Waals surface area contributed by atoms with E-state index in [-0.39, 0.29) is 23.0 Å². The van der Waals surface area contributed by atoms with E-state index in [1.165, 1.54) is 5.57 Å². The zero-order valence-electron chi connectivity index (χ0n) is 30.7. The molecule has 0 amide bonds. The third-order valence-electron chi connectivity index (χ3n) is 15.6. The molecule has 7 fully saturated rings. The summed E-state index contributed by atoms with van der Waals surface area (Å²) < 4.78 is 38.6. The van der Waals surface area contributed by atoms with Crippen molar-refractivity contribution in [2.45, 2.75) is 179 Å². The van der Waals surface area contributed by atoms with E-state index >= 15 is 0 Å². The number of fused-ring (bicyclic) bond motifs is 7. The van der Waals surface area contributed by atoms with Gasteiger partial charge in [-0.25, -0.2) is 0 Å². The SMILES string of the molecule is C[C@@H]1CC[C@@]2(OC1)O[C@H]1C[C@H]3[C@@H]4CC=C5CCC[C@@H](O[C@@H]6O[C@H](C)[C@H](O)[C@H](O)[C@H]6O[C@@H]6O[C@@H](C)[C@H](O)[C@@H](O)[C@H]6O)[C@]5(C)[C@H]4CC[C@]3(C)[C@H]1[C@@H]2C. The van der Waals surface area contributed by atoms with Gasteiger partial charge in [-0.2, -0.15) is 0 Å². The molecule has 8 rings (SSSR count). The van der Waals surface area contributed by atoms with Gasteiger partial charge in [0, 0.05) is 17.8 Å². The summed E-state index contributed by atoms with van der Waals surface area (Å²) in [6.07, 6.45) is -0.256. The quantitative estimate of drug-likeness (QED) is 0.273. The van der Waals surface area contributed by atoms with Crippen molar-refractivity contribution in [1.82, 2.24) is 0 Å². The molecule has 21 atom stereocenters. The van der Waals surface area contributed by atoms with E-state index in [2.05, 4.69) is 33.8 Å². The molecule has 0 bridgehead atoms. The summed E-state index contributed by atoms with van der Waals surface area (Å²) in [6, 6.07) is 0. The molecule has 0 radical (unpaired) electrons. The van der Waals surface area contributed by atoms with Crippen LogP contribution in [0.15, 0.2) is 11.6 Å². The highest BCUT2D eigenvalue weighted by Gasteiger charge is 2.69. The molecule has 0 aromatic rings. The van der Waals surface area contributed by atoms with Crippen molar-refractivity contribution < 1.29 is 54.0 Å². The Morgan fingerprint density at radius 2 is 1.50 bits per heavy atom. The molecule has 0 unspecified atom stereocenters. The summed E-state index contributed by atoms with van der Waals surface area (Å²) in [4.78, 5) is 0. The van der Waals surface area contributed by atoms with Gasteiger partial charge in [-0.1, -0.05) is 39.3 Å². The number of aliphatic hydroxyl groups is 5. The third-order valence-corrected chi connectivity index (χ3v) is 15.6. The third kappa shape index (κ3) is 5.38. The molecule has 50 heavy (non-hydrogen) atoms. The van der Waals surface area contributed by atoms with E-state index < -0.39 is 67.2 Å². The molecule has 11 nitrogen and oxygen atoms in total. The molecule has 11 heteroatoms. The first kappa shape index (κ1) is 36.3. The predicted octanol–water partition coefficient (Wildman–Crippen LogP) is 3.42. The van der Waals surface area contributed by atoms with E-state index in [1.807, 2.05) is 0 Å². The highest BCUT2D eigenvalue weighted by atomic mass is 16.8. The molecule has 4 heterocycles. The van der Waals surface area contributed by atoms with Crippen molar-refractivity contribution >= 4 is 0 Å². The second kappa shape index (κ2) is 13.0. The lowest BCUT2D eigenvalue weighted by Crippen LogP contribution is -2.64. The van der Waals surface area contributed by atoms with Crippen LogP contribution in [0, 0.1) is 46.3 Å². The number of hydrogen-bond acceptors (Lipinski definition) is 11. The summed E-state index contributed by atoms with van der Waals surface area (Å²) in [5, 5.41) is 53.6. The highest BCUT2D eigenvalue weighted by molar-refractivity contribution is 5.28. The second-order valence-electron chi connectivity index (χ2n) is 18.1. The molecular formula is C39H62O11. The van der Waals surface area contributed by atoms with Gasteiger partial charge < -0.3 is 54.0 Å². The van der Waals surface area contributed by atoms with Gasteiger partial charge in [0.15, 0.2) is 18.4 Å². The lowest BCUT2D eigenvalue weighted by atomic mass is 9.46. The topological polar surface area (TPSA) is 157 Å². The number of ether oxygens (including phenoxy) is 6. The Morgan fingerprint density at radius 3 is 2.22 bits per heavy atom. The van der Waals surface area contributed by atoms with E-state index in [4.69, 9.17) is 28.4 Å². The molecule has 8 aliphatic rings. The zero-order chi connectivity index (χ0) is 35.5. The summed E-state index contributed by atoms with van der Waals surface area (Å²) in [5.41, 5.74) is 1.39. The Kier molecular flexibility index (Phi) is 9.41. The maximum absolute atomic E-state index is 11.3. The maximum atomic E-state index is 11.3. The fraction of sp³-hybridized carbons (Fsp3) is 0.949. The molecule has 0 aromatic heterocycles. The van der Waals surface area contributed by atoms with Gasteiger partial charge in [0.1, 0.15) is 36.6 Å². The fourth-order valence-electron chi connectivity index (χ4n) is 12.6. The summed E-state index contributed by atoms with van der Waals surface area (Å²) in [6.45, 7) is 13.6. The molecule has 284 valence electrons. The van der Waals surface area contributed by atoms with Crippen molar-refractivity contribution in [2.24, 2.45) is 46.3 Å². The van der Waals surface area contributed by atoms with Gasteiger partial charge >= 0.3 is 0 Å². The number of rotatable bonds is 4. The first-order valence-corrected chi connectivity index (χ1v) is 19.7. The number of hydrogen-bond donors (Lipinski definition) is 5. The molecule has 5 N–H and O–H groups in total. The molecule has 4 saturated heterocycles. The van der Waals surface area contributed by atoms with E-state index in [1.54, 1.807) is 13.8 Å². The molecule has 1 spiro atoms. The van der Waals surface area contributed by atoms with Crippen LogP contribution in [0.2, 0.25) is 0 Å². The zero-order valence-corrected chi connectivity index (χ0v) is 30.7. The lowest BCUT2D eigenvalue weighted by molar-refractivity contribution is -0.371. The maximum Gasteiger partial charge on any atom is 0.187 e. The number of allylic oxidation sites excluding steroid dienone is 1. The Labute approximate surface area is 297 Å². The number of aliphatic hydroxyl groups excluding tert-OH is 5. The van der Waals surface area contributed by atoms with Crippen LogP contribution in [-0.4, -0.2) is 112 Å². The van der Waals surface area contributed by atoms with Crippen LogP contribution >= 0.6 is 0 Å². The van der Waals surface area contributed by atoms with Gasteiger partial charge in [-0.05, 0) is 100 Å². The van der Waals surface area contributed by atoms with Gasteiger partial charge in [-0.3, -0.25) is 0 Å². The van der Waals surface area contributed by atoms with Gasteiger partial charge in [0.05, 0.1) is 31.0 Å². The van der Waals surface area contributed by atoms with Crippen LogP contribution in [0.5, 0.6) is 0 Å². The Bertz CT molecular complexity index is 1290. The molecule has 4 aliphatic heterocycles. The standard InChI is InChI=1S/C39H62O11/c1-18-12-15-39(45-17-18)19(2)28-26(50-39)16-25-23-11-10-22-8-7-9-27(38(22,6)24(23)13-14-37(25,28)5)48-36-34(32(43)30(41)21(4)47-36)49-35-33(44)31(42)29(40)20(3)46-35/h10,18-21,23-36,40-44H,7-9,11-17H2,1-6H3/t18-,19+,20+,21-,23-,24+,25+,26+,27-,28+,29+,30+,31-,32+,33-,34-,35+,36+,37+,38+,39-/m1/s1. The Balaban J connectivity index is 1.03. The summed E-state index contributed by atoms with van der Waals surface area (Å²) in [5.74, 6) is 2.47. The molecule has 4 aliphatic carbocycles.